The molecule has 1 aliphatic heterocycles. The molecule has 53 heavy (non-hydrogen) atoms. The zero-order chi connectivity index (χ0) is 38.7. The van der Waals surface area contributed by atoms with Crippen molar-refractivity contribution in [3.63, 3.8) is 0 Å². The van der Waals surface area contributed by atoms with Gasteiger partial charge in [-0.1, -0.05) is 31.2 Å². The molecule has 0 saturated carbocycles. The summed E-state index contributed by atoms with van der Waals surface area (Å²) in [7, 11) is 4.26. The Morgan fingerprint density at radius 1 is 0.981 bits per heavy atom. The average molecular weight is 737 g/mol. The number of fused-ring (bicyclic) bond motifs is 1. The van der Waals surface area contributed by atoms with Crippen molar-refractivity contribution in [3.8, 4) is 28.7 Å². The van der Waals surface area contributed by atoms with Gasteiger partial charge in [-0.25, -0.2) is 4.79 Å². The lowest BCUT2D eigenvalue weighted by atomic mass is 9.84. The van der Waals surface area contributed by atoms with E-state index in [1.807, 2.05) is 13.8 Å². The molecule has 0 fully saturated rings. The number of esters is 1. The summed E-state index contributed by atoms with van der Waals surface area (Å²) < 4.78 is 27.4. The van der Waals surface area contributed by atoms with Crippen molar-refractivity contribution in [3.05, 3.63) is 58.2 Å². The zero-order valence-electron chi connectivity index (χ0n) is 30.9. The minimum atomic E-state index is -1.11. The molecular formula is C38H48N4O11. The number of amides is 2. The first-order valence-corrected chi connectivity index (χ1v) is 17.5. The number of aromatic nitrogens is 2. The van der Waals surface area contributed by atoms with Crippen LogP contribution in [0.1, 0.15) is 116 Å². The van der Waals surface area contributed by atoms with E-state index in [2.05, 4.69) is 20.8 Å². The number of hydrogen-bond donors (Lipinski definition) is 4. The maximum atomic E-state index is 13.7. The summed E-state index contributed by atoms with van der Waals surface area (Å²) in [5.74, 6) is -2.48. The predicted octanol–water partition coefficient (Wildman–Crippen LogP) is 5.07. The molecule has 1 aromatic heterocycles. The molecule has 0 spiro atoms. The van der Waals surface area contributed by atoms with E-state index >= 15 is 0 Å². The van der Waals surface area contributed by atoms with Crippen molar-refractivity contribution in [1.29, 1.82) is 0 Å². The van der Waals surface area contributed by atoms with E-state index in [1.54, 1.807) is 31.2 Å². The Bertz CT molecular complexity index is 1790. The van der Waals surface area contributed by atoms with Gasteiger partial charge in [0.15, 0.2) is 17.3 Å². The lowest BCUT2D eigenvalue weighted by molar-refractivity contribution is -0.126. The first-order chi connectivity index (χ1) is 25.4. The lowest BCUT2D eigenvalue weighted by Gasteiger charge is -2.24. The average Bonchev–Trinajstić information content (AvgIpc) is 3.61. The summed E-state index contributed by atoms with van der Waals surface area (Å²) in [5.41, 5.74) is 0.202. The van der Waals surface area contributed by atoms with E-state index in [-0.39, 0.29) is 58.1 Å². The number of nitrogens with zero attached hydrogens (tertiary/aromatic N) is 2. The van der Waals surface area contributed by atoms with Crippen molar-refractivity contribution in [2.45, 2.75) is 90.2 Å². The van der Waals surface area contributed by atoms with Gasteiger partial charge >= 0.3 is 5.97 Å². The van der Waals surface area contributed by atoms with Crippen LogP contribution in [-0.4, -0.2) is 77.9 Å². The quantitative estimate of drug-likeness (QED) is 0.179. The topological polar surface area (TPSA) is 209 Å². The Balaban J connectivity index is 1.71. The fourth-order valence-corrected chi connectivity index (χ4v) is 5.96. The Morgan fingerprint density at radius 2 is 1.68 bits per heavy atom. The summed E-state index contributed by atoms with van der Waals surface area (Å²) >= 11 is 0. The molecular weight excluding hydrogens is 688 g/mol. The first kappa shape index (κ1) is 40.2. The Morgan fingerprint density at radius 3 is 2.32 bits per heavy atom. The number of cyclic esters (lactones) is 1. The van der Waals surface area contributed by atoms with E-state index in [4.69, 9.17) is 23.5 Å². The number of ether oxygens (including phenoxy) is 4. The van der Waals surface area contributed by atoms with Crippen molar-refractivity contribution in [1.82, 2.24) is 20.8 Å². The number of benzene rings is 2. The standard InChI is InChI=1S/C38H48N4O11/c1-21(2)37-41-32(53-42-37)20-40-31(46)19-39-30(45)18-26(24-16-28(49-4)36(51-6)29(17-24)50-5)34-27(44)15-23-12-8-7-9-13-25(43)14-10-11-22(3)52-38(48)33(23)35(34)47/h8,12,15-17,21-22,26,44,47H,7,9-11,13-14,18-20H2,1-6H3,(H,39,45)(H,40,46). The minimum Gasteiger partial charge on any atom is -0.507 e. The number of Topliss-reactive ketones (excluding diaryl/α,β-unsaturated/α-hetero) is 1. The second kappa shape index (κ2) is 18.8. The van der Waals surface area contributed by atoms with Crippen LogP contribution in [0.2, 0.25) is 0 Å². The van der Waals surface area contributed by atoms with E-state index in [0.717, 1.165) is 0 Å². The molecule has 0 aliphatic carbocycles. The molecule has 15 nitrogen and oxygen atoms in total. The van der Waals surface area contributed by atoms with Crippen molar-refractivity contribution >= 4 is 29.6 Å². The number of hydrogen-bond acceptors (Lipinski definition) is 13. The number of nitrogens with one attached hydrogen (secondary N) is 2. The van der Waals surface area contributed by atoms with E-state index in [1.165, 1.54) is 27.4 Å². The van der Waals surface area contributed by atoms with Gasteiger partial charge in [-0.05, 0) is 61.9 Å². The molecule has 2 amide bonds. The maximum absolute atomic E-state index is 13.7. The highest BCUT2D eigenvalue weighted by atomic mass is 16.5. The second-order valence-corrected chi connectivity index (χ2v) is 13.0. The molecule has 2 heterocycles. The van der Waals surface area contributed by atoms with Crippen molar-refractivity contribution in [2.24, 2.45) is 0 Å². The van der Waals surface area contributed by atoms with Gasteiger partial charge < -0.3 is 44.3 Å². The second-order valence-electron chi connectivity index (χ2n) is 13.0. The first-order valence-electron chi connectivity index (χ1n) is 17.5. The molecule has 286 valence electrons. The van der Waals surface area contributed by atoms with Crippen LogP contribution >= 0.6 is 0 Å². The van der Waals surface area contributed by atoms with Gasteiger partial charge in [0.25, 0.3) is 0 Å². The highest BCUT2D eigenvalue weighted by Crippen LogP contribution is 2.47. The van der Waals surface area contributed by atoms with Gasteiger partial charge in [0.05, 0.1) is 40.5 Å². The number of rotatable bonds is 12. The van der Waals surface area contributed by atoms with E-state index < -0.39 is 54.3 Å². The number of allylic oxidation sites excluding steroid dienone is 1. The van der Waals surface area contributed by atoms with Crippen LogP contribution in [0.3, 0.4) is 0 Å². The summed E-state index contributed by atoms with van der Waals surface area (Å²) in [4.78, 5) is 56.3. The molecule has 15 heteroatoms. The smallest absolute Gasteiger partial charge is 0.342 e. The number of ketones is 1. The van der Waals surface area contributed by atoms with Crippen LogP contribution in [0, 0.1) is 0 Å². The van der Waals surface area contributed by atoms with Crippen molar-refractivity contribution < 1.29 is 52.9 Å². The summed E-state index contributed by atoms with van der Waals surface area (Å²) in [6.45, 7) is 5.06. The zero-order valence-corrected chi connectivity index (χ0v) is 30.9. The number of aromatic hydroxyl groups is 2. The Kier molecular flexibility index (Phi) is 14.2. The maximum Gasteiger partial charge on any atom is 0.342 e. The molecule has 2 unspecified atom stereocenters. The summed E-state index contributed by atoms with van der Waals surface area (Å²) in [6, 6.07) is 4.45. The van der Waals surface area contributed by atoms with Crippen molar-refractivity contribution in [2.75, 3.05) is 27.9 Å². The normalized spacial score (nSPS) is 15.9. The third kappa shape index (κ3) is 10.5. The largest absolute Gasteiger partial charge is 0.507 e. The summed E-state index contributed by atoms with van der Waals surface area (Å²) in [5, 5.41) is 32.5. The molecule has 4 N–H and O–H groups in total. The van der Waals surface area contributed by atoms with Crippen LogP contribution in [0.5, 0.6) is 28.7 Å². The highest BCUT2D eigenvalue weighted by Gasteiger charge is 2.32. The third-order valence-electron chi connectivity index (χ3n) is 8.76. The van der Waals surface area contributed by atoms with Gasteiger partial charge in [0.2, 0.25) is 23.5 Å². The van der Waals surface area contributed by atoms with Gasteiger partial charge in [0.1, 0.15) is 22.8 Å². The summed E-state index contributed by atoms with van der Waals surface area (Å²) in [6.07, 6.45) is 5.25. The van der Waals surface area contributed by atoms with E-state index in [0.29, 0.717) is 49.9 Å². The predicted molar refractivity (Wildman–Crippen MR) is 192 cm³/mol. The molecule has 1 aliphatic rings. The Hall–Kier alpha value is -5.60. The number of carbonyl (C=O) groups excluding carboxylic acids is 4. The number of carbonyl (C=O) groups is 4. The molecule has 0 saturated heterocycles. The van der Waals surface area contributed by atoms with Gasteiger partial charge in [-0.15, -0.1) is 0 Å². The fraction of sp³-hybridized carbons (Fsp3) is 0.474. The van der Waals surface area contributed by atoms with Crippen LogP contribution < -0.4 is 24.8 Å². The monoisotopic (exact) mass is 736 g/mol. The lowest BCUT2D eigenvalue weighted by Crippen LogP contribution is -2.37. The Labute approximate surface area is 308 Å². The molecule has 0 radical (unpaired) electrons. The van der Waals surface area contributed by atoms with E-state index in [9.17, 15) is 29.4 Å². The van der Waals surface area contributed by atoms with Crippen LogP contribution in [0.4, 0.5) is 0 Å². The van der Waals surface area contributed by atoms with Crippen LogP contribution in [-0.2, 0) is 25.7 Å². The molecule has 3 aromatic rings. The SMILES string of the molecule is COc1cc(C(CC(=O)NCC(=O)NCc2nc(C(C)C)no2)c2c(O)cc3c(c2O)C(=O)OC(C)CCCC(=O)CCCC=C3)cc(OC)c1OC. The van der Waals surface area contributed by atoms with Gasteiger partial charge in [-0.3, -0.25) is 14.4 Å². The van der Waals surface area contributed by atoms with Crippen LogP contribution in [0.15, 0.2) is 28.8 Å². The third-order valence-corrected chi connectivity index (χ3v) is 8.76. The number of phenolic OH excluding ortho intramolecular Hbond substituents is 2. The number of phenols is 2. The molecule has 0 bridgehead atoms. The fourth-order valence-electron chi connectivity index (χ4n) is 5.96. The molecule has 2 atom stereocenters. The highest BCUT2D eigenvalue weighted by molar-refractivity contribution is 5.98. The molecule has 4 rings (SSSR count). The van der Waals surface area contributed by atoms with Gasteiger partial charge in [0, 0.05) is 36.7 Å². The van der Waals surface area contributed by atoms with Gasteiger partial charge in [-0.2, -0.15) is 4.98 Å². The number of methoxy groups -OCH3 is 3. The molecule has 2 aromatic carbocycles. The minimum absolute atomic E-state index is 0.0410. The van der Waals surface area contributed by atoms with Crippen LogP contribution in [0.25, 0.3) is 6.08 Å².